The number of alkyl halides is 3. The number of amides is 1. The van der Waals surface area contributed by atoms with Gasteiger partial charge >= 0.3 is 12.3 Å². The summed E-state index contributed by atoms with van der Waals surface area (Å²) in [5, 5.41) is 9.43. The topological polar surface area (TPSA) is 62.7 Å². The van der Waals surface area contributed by atoms with Gasteiger partial charge in [-0.2, -0.15) is 13.2 Å². The minimum Gasteiger partial charge on any atom is -0.444 e. The van der Waals surface area contributed by atoms with Gasteiger partial charge in [-0.05, 0) is 45.2 Å². The van der Waals surface area contributed by atoms with Crippen LogP contribution in [0.5, 0.6) is 0 Å². The highest BCUT2D eigenvalue weighted by Crippen LogP contribution is 2.33. The van der Waals surface area contributed by atoms with E-state index in [4.69, 9.17) is 4.74 Å². The summed E-state index contributed by atoms with van der Waals surface area (Å²) in [6.07, 6.45) is -3.59. The molecule has 1 unspecified atom stereocenters. The van der Waals surface area contributed by atoms with E-state index in [0.717, 1.165) is 6.07 Å². The second kappa shape index (κ2) is 7.19. The molecular weight excluding hydrogens is 337 g/mol. The number of ether oxygens (including phenoxy) is 1. The zero-order chi connectivity index (χ0) is 18.8. The Bertz CT molecular complexity index is 627. The molecule has 1 amide bonds. The summed E-state index contributed by atoms with van der Waals surface area (Å²) in [5.74, 6) is -0.182. The van der Waals surface area contributed by atoms with Gasteiger partial charge in [0.1, 0.15) is 11.3 Å². The van der Waals surface area contributed by atoms with Gasteiger partial charge in [-0.15, -0.1) is 0 Å². The van der Waals surface area contributed by atoms with Gasteiger partial charge in [0.05, 0.1) is 12.3 Å². The Kier molecular flexibility index (Phi) is 5.61. The summed E-state index contributed by atoms with van der Waals surface area (Å²) in [6, 6.07) is 2.27. The number of carbonyl (C=O) groups is 1. The van der Waals surface area contributed by atoms with Crippen LogP contribution in [0.15, 0.2) is 12.1 Å². The van der Waals surface area contributed by atoms with Crippen LogP contribution in [0.2, 0.25) is 0 Å². The van der Waals surface area contributed by atoms with Crippen LogP contribution < -0.4 is 0 Å². The first kappa shape index (κ1) is 19.5. The van der Waals surface area contributed by atoms with E-state index in [9.17, 15) is 23.1 Å². The van der Waals surface area contributed by atoms with Crippen molar-refractivity contribution >= 4 is 6.09 Å². The lowest BCUT2D eigenvalue weighted by atomic mass is 9.89. The number of hydrogen-bond donors (Lipinski definition) is 1. The highest BCUT2D eigenvalue weighted by Gasteiger charge is 2.34. The molecule has 2 heterocycles. The molecule has 0 spiro atoms. The van der Waals surface area contributed by atoms with Crippen molar-refractivity contribution in [2.75, 3.05) is 13.1 Å². The number of halogens is 3. The lowest BCUT2D eigenvalue weighted by Gasteiger charge is -2.34. The monoisotopic (exact) mass is 360 g/mol. The molecule has 25 heavy (non-hydrogen) atoms. The largest absolute Gasteiger partial charge is 0.444 e. The number of aromatic nitrogens is 1. The zero-order valence-electron chi connectivity index (χ0n) is 14.6. The molecule has 1 aliphatic heterocycles. The van der Waals surface area contributed by atoms with Gasteiger partial charge in [-0.3, -0.25) is 0 Å². The lowest BCUT2D eigenvalue weighted by molar-refractivity contribution is -0.141. The molecule has 1 N–H and O–H groups in total. The van der Waals surface area contributed by atoms with Crippen LogP contribution in [-0.2, 0) is 17.5 Å². The summed E-state index contributed by atoms with van der Waals surface area (Å²) in [4.78, 5) is 17.3. The van der Waals surface area contributed by atoms with Crippen LogP contribution in [0.25, 0.3) is 0 Å². The predicted molar refractivity (Wildman–Crippen MR) is 84.9 cm³/mol. The molecule has 1 aliphatic rings. The van der Waals surface area contributed by atoms with Crippen LogP contribution in [0.4, 0.5) is 18.0 Å². The minimum absolute atomic E-state index is 0.00543. The number of hydrogen-bond acceptors (Lipinski definition) is 4. The van der Waals surface area contributed by atoms with Gasteiger partial charge in [0.2, 0.25) is 0 Å². The Morgan fingerprint density at radius 1 is 1.36 bits per heavy atom. The summed E-state index contributed by atoms with van der Waals surface area (Å²) < 4.78 is 43.7. The van der Waals surface area contributed by atoms with Gasteiger partial charge in [0.25, 0.3) is 0 Å². The SMILES string of the molecule is CC(C)(C)OC(=O)N1CCCC(c2ccc(C(F)(F)F)nc2CO)C1. The molecular formula is C17H23F3N2O3. The second-order valence-corrected chi connectivity index (χ2v) is 7.15. The molecule has 1 fully saturated rings. The number of aliphatic hydroxyl groups excluding tert-OH is 1. The molecule has 2 rings (SSSR count). The van der Waals surface area contributed by atoms with Crippen LogP contribution in [0.1, 0.15) is 56.5 Å². The third-order valence-corrected chi connectivity index (χ3v) is 3.96. The van der Waals surface area contributed by atoms with Crippen molar-refractivity contribution in [2.24, 2.45) is 0 Å². The van der Waals surface area contributed by atoms with E-state index in [-0.39, 0.29) is 11.6 Å². The van der Waals surface area contributed by atoms with Crippen molar-refractivity contribution < 1.29 is 27.8 Å². The van der Waals surface area contributed by atoms with Gasteiger partial charge < -0.3 is 14.7 Å². The van der Waals surface area contributed by atoms with E-state index in [1.54, 1.807) is 25.7 Å². The molecule has 8 heteroatoms. The summed E-state index contributed by atoms with van der Waals surface area (Å²) in [6.45, 7) is 5.60. The Morgan fingerprint density at radius 3 is 2.60 bits per heavy atom. The normalized spacial score (nSPS) is 19.0. The quantitative estimate of drug-likeness (QED) is 0.873. The molecule has 5 nitrogen and oxygen atoms in total. The number of likely N-dealkylation sites (tertiary alicyclic amines) is 1. The van der Waals surface area contributed by atoms with Crippen LogP contribution in [0.3, 0.4) is 0 Å². The minimum atomic E-state index is -4.56. The first-order chi connectivity index (χ1) is 11.5. The average molecular weight is 360 g/mol. The maximum absolute atomic E-state index is 12.8. The predicted octanol–water partition coefficient (Wildman–Crippen LogP) is 3.71. The second-order valence-electron chi connectivity index (χ2n) is 7.15. The fourth-order valence-corrected chi connectivity index (χ4v) is 2.89. The number of nitrogens with zero attached hydrogens (tertiary/aromatic N) is 2. The fourth-order valence-electron chi connectivity index (χ4n) is 2.89. The molecule has 1 atom stereocenters. The number of pyridine rings is 1. The van der Waals surface area contributed by atoms with E-state index in [2.05, 4.69) is 4.98 Å². The Balaban J connectivity index is 2.19. The van der Waals surface area contributed by atoms with E-state index in [0.29, 0.717) is 31.5 Å². The number of carbonyl (C=O) groups excluding carboxylic acids is 1. The molecule has 0 aromatic carbocycles. The zero-order valence-corrected chi connectivity index (χ0v) is 14.6. The van der Waals surface area contributed by atoms with E-state index >= 15 is 0 Å². The lowest BCUT2D eigenvalue weighted by Crippen LogP contribution is -2.42. The van der Waals surface area contributed by atoms with E-state index in [1.807, 2.05) is 0 Å². The molecule has 1 aromatic rings. The van der Waals surface area contributed by atoms with Gasteiger partial charge in [-0.1, -0.05) is 6.07 Å². The molecule has 0 radical (unpaired) electrons. The number of aliphatic hydroxyl groups is 1. The number of rotatable bonds is 2. The molecule has 0 aliphatic carbocycles. The molecule has 140 valence electrons. The Labute approximate surface area is 144 Å². The van der Waals surface area contributed by atoms with Crippen molar-refractivity contribution in [3.05, 3.63) is 29.1 Å². The molecule has 0 saturated carbocycles. The summed E-state index contributed by atoms with van der Waals surface area (Å²) in [7, 11) is 0. The summed E-state index contributed by atoms with van der Waals surface area (Å²) in [5.41, 5.74) is -1.09. The molecule has 0 bridgehead atoms. The van der Waals surface area contributed by atoms with Gasteiger partial charge in [0.15, 0.2) is 0 Å². The van der Waals surface area contributed by atoms with Crippen LogP contribution >= 0.6 is 0 Å². The van der Waals surface area contributed by atoms with Crippen LogP contribution in [0, 0.1) is 0 Å². The maximum Gasteiger partial charge on any atom is 0.433 e. The van der Waals surface area contributed by atoms with Crippen molar-refractivity contribution in [3.8, 4) is 0 Å². The third kappa shape index (κ3) is 5.07. The van der Waals surface area contributed by atoms with E-state index < -0.39 is 30.2 Å². The molecule has 1 saturated heterocycles. The third-order valence-electron chi connectivity index (χ3n) is 3.96. The highest BCUT2D eigenvalue weighted by molar-refractivity contribution is 5.68. The highest BCUT2D eigenvalue weighted by atomic mass is 19.4. The Morgan fingerprint density at radius 2 is 2.04 bits per heavy atom. The Hall–Kier alpha value is -1.83. The standard InChI is InChI=1S/C17H23F3N2O3/c1-16(2,3)25-15(24)22-8-4-5-11(9-22)12-6-7-14(17(18,19)20)21-13(12)10-23/h6-7,11,23H,4-5,8-10H2,1-3H3. The first-order valence-electron chi connectivity index (χ1n) is 8.17. The van der Waals surface area contributed by atoms with Crippen molar-refractivity contribution in [2.45, 2.75) is 57.9 Å². The van der Waals surface area contributed by atoms with Crippen LogP contribution in [-0.4, -0.2) is 39.8 Å². The van der Waals surface area contributed by atoms with Crippen molar-refractivity contribution in [1.82, 2.24) is 9.88 Å². The van der Waals surface area contributed by atoms with Gasteiger partial charge in [0, 0.05) is 19.0 Å². The molecule has 1 aromatic heterocycles. The fraction of sp³-hybridized carbons (Fsp3) is 0.647. The first-order valence-corrected chi connectivity index (χ1v) is 8.17. The average Bonchev–Trinajstić information content (AvgIpc) is 2.52. The maximum atomic E-state index is 12.8. The summed E-state index contributed by atoms with van der Waals surface area (Å²) >= 11 is 0. The van der Waals surface area contributed by atoms with Crippen molar-refractivity contribution in [1.29, 1.82) is 0 Å². The smallest absolute Gasteiger partial charge is 0.433 e. The number of piperidine rings is 1. The van der Waals surface area contributed by atoms with E-state index in [1.165, 1.54) is 6.07 Å². The van der Waals surface area contributed by atoms with Crippen molar-refractivity contribution in [3.63, 3.8) is 0 Å². The van der Waals surface area contributed by atoms with Gasteiger partial charge in [-0.25, -0.2) is 9.78 Å².